The molecular weight excluding hydrogens is 378 g/mol. The van der Waals surface area contributed by atoms with Crippen molar-refractivity contribution in [1.29, 1.82) is 5.26 Å². The van der Waals surface area contributed by atoms with E-state index >= 15 is 0 Å². The van der Waals surface area contributed by atoms with Crippen LogP contribution < -0.4 is 4.90 Å². The van der Waals surface area contributed by atoms with Crippen LogP contribution in [0.2, 0.25) is 0 Å². The van der Waals surface area contributed by atoms with E-state index in [1.165, 1.54) is 17.1 Å². The highest BCUT2D eigenvalue weighted by Crippen LogP contribution is 2.33. The maximum absolute atomic E-state index is 13.6. The molecule has 0 N–H and O–H groups in total. The molecule has 7 nitrogen and oxygen atoms in total. The summed E-state index contributed by atoms with van der Waals surface area (Å²) < 4.78 is 27.2. The molecule has 1 aromatic carbocycles. The number of amides is 1. The number of carbonyl (C=O) groups is 1. The molecule has 9 heteroatoms. The van der Waals surface area contributed by atoms with Crippen molar-refractivity contribution in [3.8, 4) is 6.07 Å². The van der Waals surface area contributed by atoms with Gasteiger partial charge in [-0.25, -0.2) is 13.8 Å². The fraction of sp³-hybridized carbons (Fsp3) is 0.350. The standard InChI is InChI=1S/C20H18F2N6O/c21-15-9-14(10-16(22)11-15)18-3-6-24-28(18)20(29)13-4-7-27(8-5-13)19-2-1-17(12-23)25-26-19/h1-2,6,9-11,13,18H,3-5,7-8H2. The summed E-state index contributed by atoms with van der Waals surface area (Å²) >= 11 is 0. The third-order valence-corrected chi connectivity index (χ3v) is 5.26. The molecule has 2 aliphatic rings. The maximum atomic E-state index is 13.6. The number of rotatable bonds is 3. The number of aromatic nitrogens is 2. The summed E-state index contributed by atoms with van der Waals surface area (Å²) in [5.74, 6) is -1.04. The minimum Gasteiger partial charge on any atom is -0.355 e. The summed E-state index contributed by atoms with van der Waals surface area (Å²) in [5, 5.41) is 22.2. The Labute approximate surface area is 166 Å². The van der Waals surface area contributed by atoms with Crippen LogP contribution in [0.5, 0.6) is 0 Å². The van der Waals surface area contributed by atoms with Gasteiger partial charge in [0.15, 0.2) is 11.5 Å². The predicted molar refractivity (Wildman–Crippen MR) is 101 cm³/mol. The number of nitrogens with zero attached hydrogens (tertiary/aromatic N) is 6. The summed E-state index contributed by atoms with van der Waals surface area (Å²) in [4.78, 5) is 15.0. The molecule has 0 saturated carbocycles. The molecule has 0 spiro atoms. The Kier molecular flexibility index (Phi) is 5.16. The third-order valence-electron chi connectivity index (χ3n) is 5.26. The Hall–Kier alpha value is -3.41. The molecule has 2 aliphatic heterocycles. The predicted octanol–water partition coefficient (Wildman–Crippen LogP) is 2.80. The number of nitriles is 1. The Balaban J connectivity index is 1.42. The molecular formula is C20H18F2N6O. The minimum absolute atomic E-state index is 0.140. The first-order chi connectivity index (χ1) is 14.0. The first kappa shape index (κ1) is 18.9. The number of benzene rings is 1. The van der Waals surface area contributed by atoms with Gasteiger partial charge in [0.05, 0.1) is 6.04 Å². The first-order valence-corrected chi connectivity index (χ1v) is 9.35. The van der Waals surface area contributed by atoms with Crippen LogP contribution in [0.4, 0.5) is 14.6 Å². The number of hydrazone groups is 1. The van der Waals surface area contributed by atoms with Crippen molar-refractivity contribution in [2.75, 3.05) is 18.0 Å². The van der Waals surface area contributed by atoms with Crippen LogP contribution in [0.3, 0.4) is 0 Å². The van der Waals surface area contributed by atoms with E-state index in [1.54, 1.807) is 18.3 Å². The molecule has 0 radical (unpaired) electrons. The van der Waals surface area contributed by atoms with Crippen molar-refractivity contribution in [2.45, 2.75) is 25.3 Å². The molecule has 1 amide bonds. The van der Waals surface area contributed by atoms with Gasteiger partial charge in [0, 0.05) is 37.7 Å². The van der Waals surface area contributed by atoms with E-state index in [-0.39, 0.29) is 17.5 Å². The second-order valence-corrected chi connectivity index (χ2v) is 7.09. The lowest BCUT2D eigenvalue weighted by Gasteiger charge is -2.34. The normalized spacial score (nSPS) is 19.4. The zero-order valence-electron chi connectivity index (χ0n) is 15.5. The Morgan fingerprint density at radius 1 is 1.10 bits per heavy atom. The van der Waals surface area contributed by atoms with Crippen LogP contribution in [0, 0.1) is 28.9 Å². The Bertz CT molecular complexity index is 959. The molecule has 29 heavy (non-hydrogen) atoms. The third kappa shape index (κ3) is 3.92. The Morgan fingerprint density at radius 3 is 2.45 bits per heavy atom. The maximum Gasteiger partial charge on any atom is 0.246 e. The number of piperidine rings is 1. The summed E-state index contributed by atoms with van der Waals surface area (Å²) in [5.41, 5.74) is 0.657. The smallest absolute Gasteiger partial charge is 0.246 e. The van der Waals surface area contributed by atoms with Gasteiger partial charge in [-0.05, 0) is 42.7 Å². The van der Waals surface area contributed by atoms with Crippen molar-refractivity contribution < 1.29 is 13.6 Å². The average molecular weight is 396 g/mol. The number of anilines is 1. The van der Waals surface area contributed by atoms with Crippen LogP contribution in [-0.4, -0.2) is 40.4 Å². The van der Waals surface area contributed by atoms with Gasteiger partial charge in [-0.2, -0.15) is 10.4 Å². The second-order valence-electron chi connectivity index (χ2n) is 7.09. The fourth-order valence-electron chi connectivity index (χ4n) is 3.77. The largest absolute Gasteiger partial charge is 0.355 e. The van der Waals surface area contributed by atoms with Gasteiger partial charge in [0.25, 0.3) is 0 Å². The van der Waals surface area contributed by atoms with E-state index in [4.69, 9.17) is 5.26 Å². The molecule has 0 bridgehead atoms. The molecule has 4 rings (SSSR count). The van der Waals surface area contributed by atoms with Crippen LogP contribution in [-0.2, 0) is 4.79 Å². The molecule has 1 unspecified atom stereocenters. The molecule has 2 aromatic rings. The zero-order valence-corrected chi connectivity index (χ0v) is 15.5. The van der Waals surface area contributed by atoms with Crippen LogP contribution in [0.1, 0.15) is 36.6 Å². The number of hydrogen-bond acceptors (Lipinski definition) is 6. The molecule has 1 aromatic heterocycles. The summed E-state index contributed by atoms with van der Waals surface area (Å²) in [6, 6.07) is 8.10. The van der Waals surface area contributed by atoms with Crippen LogP contribution >= 0.6 is 0 Å². The number of carbonyl (C=O) groups excluding carboxylic acids is 1. The molecule has 148 valence electrons. The molecule has 1 fully saturated rings. The summed E-state index contributed by atoms with van der Waals surface area (Å²) in [6.07, 6.45) is 3.24. The first-order valence-electron chi connectivity index (χ1n) is 9.35. The highest BCUT2D eigenvalue weighted by Gasteiger charge is 2.35. The van der Waals surface area contributed by atoms with Gasteiger partial charge in [-0.1, -0.05) is 0 Å². The molecule has 1 atom stereocenters. The lowest BCUT2D eigenvalue weighted by atomic mass is 9.94. The lowest BCUT2D eigenvalue weighted by Crippen LogP contribution is -2.41. The van der Waals surface area contributed by atoms with E-state index in [0.717, 1.165) is 6.07 Å². The van der Waals surface area contributed by atoms with Crippen molar-refractivity contribution in [1.82, 2.24) is 15.2 Å². The van der Waals surface area contributed by atoms with Gasteiger partial charge in [0.2, 0.25) is 5.91 Å². The average Bonchev–Trinajstić information content (AvgIpc) is 3.23. The van der Waals surface area contributed by atoms with E-state index in [0.29, 0.717) is 43.7 Å². The van der Waals surface area contributed by atoms with Crippen molar-refractivity contribution >= 4 is 17.9 Å². The van der Waals surface area contributed by atoms with Crippen LogP contribution in [0.25, 0.3) is 0 Å². The van der Waals surface area contributed by atoms with Crippen LogP contribution in [0.15, 0.2) is 35.4 Å². The van der Waals surface area contributed by atoms with Gasteiger partial charge >= 0.3 is 0 Å². The number of hydrogen-bond donors (Lipinski definition) is 0. The number of halogens is 2. The molecule has 1 saturated heterocycles. The summed E-state index contributed by atoms with van der Waals surface area (Å²) in [7, 11) is 0. The SMILES string of the molecule is N#Cc1ccc(N2CCC(C(=O)N3N=CCC3c3cc(F)cc(F)c3)CC2)nn1. The van der Waals surface area contributed by atoms with E-state index in [9.17, 15) is 13.6 Å². The lowest BCUT2D eigenvalue weighted by molar-refractivity contribution is -0.138. The van der Waals surface area contributed by atoms with Crippen molar-refractivity contribution in [3.05, 3.63) is 53.2 Å². The van der Waals surface area contributed by atoms with E-state index in [2.05, 4.69) is 15.3 Å². The highest BCUT2D eigenvalue weighted by atomic mass is 19.1. The zero-order chi connectivity index (χ0) is 20.4. The van der Waals surface area contributed by atoms with Gasteiger partial charge < -0.3 is 4.90 Å². The minimum atomic E-state index is -0.670. The monoisotopic (exact) mass is 396 g/mol. The quantitative estimate of drug-likeness (QED) is 0.796. The van der Waals surface area contributed by atoms with E-state index < -0.39 is 17.7 Å². The topological polar surface area (TPSA) is 85.5 Å². The van der Waals surface area contributed by atoms with Gasteiger partial charge in [-0.15, -0.1) is 10.2 Å². The molecule has 3 heterocycles. The molecule has 0 aliphatic carbocycles. The van der Waals surface area contributed by atoms with Crippen molar-refractivity contribution in [3.63, 3.8) is 0 Å². The fourth-order valence-corrected chi connectivity index (χ4v) is 3.77. The highest BCUT2D eigenvalue weighted by molar-refractivity contribution is 5.82. The van der Waals surface area contributed by atoms with Gasteiger partial charge in [-0.3, -0.25) is 4.79 Å². The van der Waals surface area contributed by atoms with Crippen molar-refractivity contribution in [2.24, 2.45) is 11.0 Å². The van der Waals surface area contributed by atoms with Gasteiger partial charge in [0.1, 0.15) is 17.7 Å². The Morgan fingerprint density at radius 2 is 1.83 bits per heavy atom. The summed E-state index contributed by atoms with van der Waals surface area (Å²) in [6.45, 7) is 1.24. The second kappa shape index (κ2) is 7.91. The van der Waals surface area contributed by atoms with E-state index in [1.807, 2.05) is 11.0 Å².